The lowest BCUT2D eigenvalue weighted by Gasteiger charge is -2.12. The molecule has 2 rings (SSSR count). The predicted molar refractivity (Wildman–Crippen MR) is 83.3 cm³/mol. The molecule has 0 aliphatic heterocycles. The minimum Gasteiger partial charge on any atom is -0.280 e. The first-order valence-electron chi connectivity index (χ1n) is 6.25. The molecule has 0 aromatic heterocycles. The Morgan fingerprint density at radius 3 is 2.30 bits per heavy atom. The summed E-state index contributed by atoms with van der Waals surface area (Å²) < 4.78 is 27.4. The molecule has 2 aromatic carbocycles. The van der Waals surface area contributed by atoms with Crippen LogP contribution >= 0.6 is 0 Å². The Hall–Kier alpha value is -2.07. The van der Waals surface area contributed by atoms with Crippen molar-refractivity contribution in [1.29, 1.82) is 0 Å². The van der Waals surface area contributed by atoms with Gasteiger partial charge in [-0.05, 0) is 48.7 Å². The van der Waals surface area contributed by atoms with Crippen LogP contribution in [0.25, 0.3) is 6.08 Å². The van der Waals surface area contributed by atoms with Crippen molar-refractivity contribution in [3.63, 3.8) is 0 Å². The molecule has 0 radical (unpaired) electrons. The summed E-state index contributed by atoms with van der Waals surface area (Å²) in [5.41, 5.74) is 3.20. The van der Waals surface area contributed by atoms with Crippen LogP contribution in [0, 0.1) is 13.8 Å². The molecule has 20 heavy (non-hydrogen) atoms. The minimum atomic E-state index is -3.56. The van der Waals surface area contributed by atoms with E-state index in [1.54, 1.807) is 30.3 Å². The molecule has 104 valence electrons. The van der Waals surface area contributed by atoms with Gasteiger partial charge in [-0.15, -0.1) is 0 Å². The van der Waals surface area contributed by atoms with Gasteiger partial charge in [-0.2, -0.15) is 0 Å². The molecule has 0 unspecified atom stereocenters. The fourth-order valence-electron chi connectivity index (χ4n) is 1.91. The summed E-state index contributed by atoms with van der Waals surface area (Å²) in [5, 5.41) is 0. The molecule has 0 aliphatic rings. The fourth-order valence-corrected chi connectivity index (χ4v) is 3.29. The monoisotopic (exact) mass is 287 g/mol. The molecule has 0 atom stereocenters. The van der Waals surface area contributed by atoms with Gasteiger partial charge in [0.05, 0.1) is 4.90 Å². The Balaban J connectivity index is 2.35. The standard InChI is InChI=1S/C16H17NO2S/c1-4-14-8-10-15(11-9-14)17-20(18,19)16-7-5-6-12(2)13(16)3/h4-11,17H,1H2,2-3H3. The number of anilines is 1. The third kappa shape index (κ3) is 2.91. The van der Waals surface area contributed by atoms with E-state index >= 15 is 0 Å². The minimum absolute atomic E-state index is 0.310. The zero-order chi connectivity index (χ0) is 14.8. The molecule has 0 amide bonds. The highest BCUT2D eigenvalue weighted by Gasteiger charge is 2.17. The molecule has 0 saturated heterocycles. The van der Waals surface area contributed by atoms with Crippen LogP contribution in [0.15, 0.2) is 53.9 Å². The zero-order valence-electron chi connectivity index (χ0n) is 11.6. The normalized spacial score (nSPS) is 11.1. The van der Waals surface area contributed by atoms with E-state index < -0.39 is 10.0 Å². The number of benzene rings is 2. The summed E-state index contributed by atoms with van der Waals surface area (Å²) >= 11 is 0. The van der Waals surface area contributed by atoms with Crippen LogP contribution in [0.5, 0.6) is 0 Å². The van der Waals surface area contributed by atoms with E-state index in [9.17, 15) is 8.42 Å². The molecule has 0 saturated carbocycles. The van der Waals surface area contributed by atoms with Gasteiger partial charge in [0.2, 0.25) is 0 Å². The third-order valence-electron chi connectivity index (χ3n) is 3.24. The Kier molecular flexibility index (Phi) is 3.95. The van der Waals surface area contributed by atoms with Gasteiger partial charge in [0.15, 0.2) is 0 Å². The van der Waals surface area contributed by atoms with Crippen molar-refractivity contribution in [3.8, 4) is 0 Å². The van der Waals surface area contributed by atoms with Crippen molar-refractivity contribution in [3.05, 3.63) is 65.7 Å². The van der Waals surface area contributed by atoms with Crippen LogP contribution in [0.3, 0.4) is 0 Å². The fraction of sp³-hybridized carbons (Fsp3) is 0.125. The summed E-state index contributed by atoms with van der Waals surface area (Å²) in [6.45, 7) is 7.37. The van der Waals surface area contributed by atoms with Crippen molar-refractivity contribution in [2.45, 2.75) is 18.7 Å². The first-order chi connectivity index (χ1) is 9.44. The van der Waals surface area contributed by atoms with Gasteiger partial charge in [-0.1, -0.05) is 36.9 Å². The summed E-state index contributed by atoms with van der Waals surface area (Å²) in [7, 11) is -3.56. The highest BCUT2D eigenvalue weighted by atomic mass is 32.2. The second-order valence-corrected chi connectivity index (χ2v) is 6.28. The lowest BCUT2D eigenvalue weighted by atomic mass is 10.1. The van der Waals surface area contributed by atoms with Gasteiger partial charge in [-0.25, -0.2) is 8.42 Å². The molecule has 0 spiro atoms. The van der Waals surface area contributed by atoms with E-state index in [1.165, 1.54) is 0 Å². The molecular weight excluding hydrogens is 270 g/mol. The smallest absolute Gasteiger partial charge is 0.262 e. The van der Waals surface area contributed by atoms with Crippen LogP contribution in [-0.4, -0.2) is 8.42 Å². The van der Waals surface area contributed by atoms with E-state index in [0.29, 0.717) is 10.6 Å². The van der Waals surface area contributed by atoms with Crippen LogP contribution in [-0.2, 0) is 10.0 Å². The molecule has 0 fully saturated rings. The summed E-state index contributed by atoms with van der Waals surface area (Å²) in [6.07, 6.45) is 1.71. The topological polar surface area (TPSA) is 46.2 Å². The average Bonchev–Trinajstić information content (AvgIpc) is 2.42. The second kappa shape index (κ2) is 5.51. The molecule has 0 aliphatic carbocycles. The lowest BCUT2D eigenvalue weighted by Crippen LogP contribution is -2.14. The maximum Gasteiger partial charge on any atom is 0.262 e. The molecule has 0 bridgehead atoms. The van der Waals surface area contributed by atoms with E-state index in [2.05, 4.69) is 11.3 Å². The van der Waals surface area contributed by atoms with Crippen molar-refractivity contribution < 1.29 is 8.42 Å². The van der Waals surface area contributed by atoms with E-state index in [-0.39, 0.29) is 0 Å². The van der Waals surface area contributed by atoms with E-state index in [0.717, 1.165) is 16.7 Å². The number of hydrogen-bond donors (Lipinski definition) is 1. The predicted octanol–water partition coefficient (Wildman–Crippen LogP) is 3.75. The third-order valence-corrected chi connectivity index (χ3v) is 4.77. The maximum atomic E-state index is 12.4. The first-order valence-corrected chi connectivity index (χ1v) is 7.74. The van der Waals surface area contributed by atoms with Crippen molar-refractivity contribution in [1.82, 2.24) is 0 Å². The van der Waals surface area contributed by atoms with Gasteiger partial charge in [0, 0.05) is 5.69 Å². The van der Waals surface area contributed by atoms with Gasteiger partial charge in [0.25, 0.3) is 10.0 Å². The molecule has 2 aromatic rings. The highest BCUT2D eigenvalue weighted by molar-refractivity contribution is 7.92. The maximum absolute atomic E-state index is 12.4. The molecule has 3 nitrogen and oxygen atoms in total. The Morgan fingerprint density at radius 2 is 1.70 bits per heavy atom. The lowest BCUT2D eigenvalue weighted by molar-refractivity contribution is 0.600. The van der Waals surface area contributed by atoms with Crippen LogP contribution in [0.1, 0.15) is 16.7 Å². The van der Waals surface area contributed by atoms with Crippen molar-refractivity contribution in [2.75, 3.05) is 4.72 Å². The number of hydrogen-bond acceptors (Lipinski definition) is 2. The van der Waals surface area contributed by atoms with Gasteiger partial charge in [0.1, 0.15) is 0 Å². The van der Waals surface area contributed by atoms with Gasteiger partial charge < -0.3 is 0 Å². The van der Waals surface area contributed by atoms with Crippen molar-refractivity contribution >= 4 is 21.8 Å². The van der Waals surface area contributed by atoms with Gasteiger partial charge in [-0.3, -0.25) is 4.72 Å². The van der Waals surface area contributed by atoms with Crippen molar-refractivity contribution in [2.24, 2.45) is 0 Å². The summed E-state index contributed by atoms with van der Waals surface area (Å²) in [4.78, 5) is 0.310. The largest absolute Gasteiger partial charge is 0.280 e. The second-order valence-electron chi connectivity index (χ2n) is 4.63. The first kappa shape index (κ1) is 14.3. The Morgan fingerprint density at radius 1 is 1.05 bits per heavy atom. The van der Waals surface area contributed by atoms with Gasteiger partial charge >= 0.3 is 0 Å². The van der Waals surface area contributed by atoms with Crippen LogP contribution in [0.2, 0.25) is 0 Å². The number of aryl methyl sites for hydroxylation is 1. The SMILES string of the molecule is C=Cc1ccc(NS(=O)(=O)c2cccc(C)c2C)cc1. The summed E-state index contributed by atoms with van der Waals surface area (Å²) in [6, 6.07) is 12.3. The molecule has 0 heterocycles. The van der Waals surface area contributed by atoms with Crippen LogP contribution in [0.4, 0.5) is 5.69 Å². The summed E-state index contributed by atoms with van der Waals surface area (Å²) in [5.74, 6) is 0. The number of sulfonamides is 1. The number of rotatable bonds is 4. The van der Waals surface area contributed by atoms with E-state index in [1.807, 2.05) is 32.0 Å². The quantitative estimate of drug-likeness (QED) is 0.931. The zero-order valence-corrected chi connectivity index (χ0v) is 12.4. The van der Waals surface area contributed by atoms with Crippen LogP contribution < -0.4 is 4.72 Å². The molecule has 4 heteroatoms. The highest BCUT2D eigenvalue weighted by Crippen LogP contribution is 2.21. The average molecular weight is 287 g/mol. The Bertz CT molecular complexity index is 732. The molecule has 1 N–H and O–H groups in total. The molecular formula is C16H17NO2S. The Labute approximate surface area is 120 Å². The number of nitrogens with one attached hydrogen (secondary N) is 1. The van der Waals surface area contributed by atoms with E-state index in [4.69, 9.17) is 0 Å².